The predicted molar refractivity (Wildman–Crippen MR) is 86.3 cm³/mol. The summed E-state index contributed by atoms with van der Waals surface area (Å²) in [5.41, 5.74) is 2.50. The van der Waals surface area contributed by atoms with E-state index in [4.69, 9.17) is 0 Å². The summed E-state index contributed by atoms with van der Waals surface area (Å²) in [4.78, 5) is 9.04. The van der Waals surface area contributed by atoms with Gasteiger partial charge in [-0.2, -0.15) is 9.61 Å². The molecule has 0 spiro atoms. The van der Waals surface area contributed by atoms with E-state index in [9.17, 15) is 0 Å². The van der Waals surface area contributed by atoms with E-state index >= 15 is 0 Å². The monoisotopic (exact) mass is 335 g/mol. The highest BCUT2D eigenvalue weighted by Crippen LogP contribution is 2.23. The van der Waals surface area contributed by atoms with Crippen molar-refractivity contribution in [2.24, 2.45) is 0 Å². The first-order valence-electron chi connectivity index (χ1n) is 7.14. The summed E-state index contributed by atoms with van der Waals surface area (Å²) >= 11 is 1.42. The Labute approximate surface area is 138 Å². The molecule has 0 aliphatic rings. The van der Waals surface area contributed by atoms with Gasteiger partial charge in [0.25, 0.3) is 0 Å². The lowest BCUT2D eigenvalue weighted by atomic mass is 10.3. The highest BCUT2D eigenvalue weighted by Gasteiger charge is 2.15. The highest BCUT2D eigenvalue weighted by atomic mass is 32.1. The van der Waals surface area contributed by atoms with Crippen LogP contribution >= 0.6 is 11.3 Å². The van der Waals surface area contributed by atoms with Crippen LogP contribution in [0, 0.1) is 0 Å². The van der Waals surface area contributed by atoms with E-state index in [-0.39, 0.29) is 0 Å². The van der Waals surface area contributed by atoms with Crippen LogP contribution in [0.25, 0.3) is 26.7 Å². The van der Waals surface area contributed by atoms with E-state index in [1.54, 1.807) is 27.8 Å². The number of hydrogen-bond acceptors (Lipinski definition) is 8. The molecule has 0 radical (unpaired) electrons. The zero-order valence-corrected chi connectivity index (χ0v) is 13.0. The van der Waals surface area contributed by atoms with Gasteiger partial charge in [-0.05, 0) is 12.1 Å². The molecule has 0 aliphatic heterocycles. The van der Waals surface area contributed by atoms with Crippen molar-refractivity contribution in [1.82, 2.24) is 44.8 Å². The van der Waals surface area contributed by atoms with Gasteiger partial charge in [-0.25, -0.2) is 4.68 Å². The molecule has 4 aromatic heterocycles. The molecule has 0 bridgehead atoms. The number of para-hydroxylation sites is 1. The Bertz CT molecular complexity index is 1140. The fraction of sp³-hybridized carbons (Fsp3) is 0.0714. The molecule has 0 saturated carbocycles. The van der Waals surface area contributed by atoms with Crippen molar-refractivity contribution in [3.05, 3.63) is 48.7 Å². The summed E-state index contributed by atoms with van der Waals surface area (Å²) in [6.07, 6.45) is 4.95. The average Bonchev–Trinajstić information content (AvgIpc) is 3.32. The number of hydrogen-bond donors (Lipinski definition) is 0. The van der Waals surface area contributed by atoms with Crippen LogP contribution in [0.4, 0.5) is 0 Å². The van der Waals surface area contributed by atoms with Gasteiger partial charge < -0.3 is 0 Å². The predicted octanol–water partition coefficient (Wildman–Crippen LogP) is 1.44. The molecule has 0 N–H and O–H groups in total. The molecule has 10 heteroatoms. The van der Waals surface area contributed by atoms with Crippen LogP contribution in [0.1, 0.15) is 5.82 Å². The van der Waals surface area contributed by atoms with Gasteiger partial charge in [-0.15, -0.1) is 15.3 Å². The van der Waals surface area contributed by atoms with Crippen molar-refractivity contribution in [3.8, 4) is 10.7 Å². The molecule has 0 aliphatic carbocycles. The molecular weight excluding hydrogens is 326 g/mol. The normalized spacial score (nSPS) is 11.5. The van der Waals surface area contributed by atoms with Crippen LogP contribution in [-0.2, 0) is 6.54 Å². The Kier molecular flexibility index (Phi) is 2.82. The Morgan fingerprint density at radius 2 is 2.00 bits per heavy atom. The van der Waals surface area contributed by atoms with E-state index < -0.39 is 0 Å². The molecule has 1 aromatic carbocycles. The molecule has 0 fully saturated rings. The number of nitrogens with zero attached hydrogens (tertiary/aromatic N) is 9. The van der Waals surface area contributed by atoms with Crippen LogP contribution in [0.15, 0.2) is 42.9 Å². The minimum Gasteiger partial charge on any atom is -0.261 e. The Morgan fingerprint density at radius 1 is 1.04 bits per heavy atom. The number of rotatable bonds is 3. The minimum absolute atomic E-state index is 0.436. The molecule has 116 valence electrons. The SMILES string of the molecule is c1ccc2c(c1)nnn2Cc1nnc2sc(-c3cnccn3)nn12. The first-order chi connectivity index (χ1) is 11.9. The van der Waals surface area contributed by atoms with Crippen LogP contribution in [-0.4, -0.2) is 44.8 Å². The van der Waals surface area contributed by atoms with Gasteiger partial charge in [0.05, 0.1) is 11.7 Å². The molecule has 4 heterocycles. The third-order valence-corrected chi connectivity index (χ3v) is 4.47. The van der Waals surface area contributed by atoms with Crippen LogP contribution in [0.5, 0.6) is 0 Å². The average molecular weight is 335 g/mol. The lowest BCUT2D eigenvalue weighted by Crippen LogP contribution is -2.06. The highest BCUT2D eigenvalue weighted by molar-refractivity contribution is 7.19. The molecular formula is C14H9N9S. The third-order valence-electron chi connectivity index (χ3n) is 3.55. The van der Waals surface area contributed by atoms with Crippen LogP contribution in [0.2, 0.25) is 0 Å². The molecule has 0 saturated heterocycles. The maximum absolute atomic E-state index is 4.55. The van der Waals surface area contributed by atoms with Crippen molar-refractivity contribution >= 4 is 27.3 Å². The molecule has 0 unspecified atom stereocenters. The van der Waals surface area contributed by atoms with Crippen LogP contribution in [0.3, 0.4) is 0 Å². The summed E-state index contributed by atoms with van der Waals surface area (Å²) in [5.74, 6) is 0.687. The molecule has 5 aromatic rings. The van der Waals surface area contributed by atoms with E-state index in [2.05, 4.69) is 35.6 Å². The largest absolute Gasteiger partial charge is 0.261 e. The smallest absolute Gasteiger partial charge is 0.235 e. The Morgan fingerprint density at radius 3 is 2.92 bits per heavy atom. The summed E-state index contributed by atoms with van der Waals surface area (Å²) in [5, 5.41) is 22.0. The van der Waals surface area contributed by atoms with Crippen molar-refractivity contribution in [3.63, 3.8) is 0 Å². The third kappa shape index (κ3) is 2.04. The summed E-state index contributed by atoms with van der Waals surface area (Å²) < 4.78 is 3.50. The topological polar surface area (TPSA) is 99.6 Å². The second-order valence-electron chi connectivity index (χ2n) is 5.04. The fourth-order valence-electron chi connectivity index (χ4n) is 2.44. The second-order valence-corrected chi connectivity index (χ2v) is 6.00. The Balaban J connectivity index is 1.57. The number of aromatic nitrogens is 9. The van der Waals surface area contributed by atoms with Gasteiger partial charge in [-0.3, -0.25) is 9.97 Å². The summed E-state index contributed by atoms with van der Waals surface area (Å²) in [7, 11) is 0. The van der Waals surface area contributed by atoms with Crippen molar-refractivity contribution in [1.29, 1.82) is 0 Å². The maximum atomic E-state index is 4.55. The summed E-state index contributed by atoms with van der Waals surface area (Å²) in [6, 6.07) is 7.79. The Hall–Kier alpha value is -3.27. The van der Waals surface area contributed by atoms with E-state index in [1.807, 2.05) is 24.3 Å². The molecule has 0 atom stereocenters. The number of fused-ring (bicyclic) bond motifs is 2. The molecule has 0 amide bonds. The quantitative estimate of drug-likeness (QED) is 0.492. The second kappa shape index (κ2) is 5.13. The van der Waals surface area contributed by atoms with Gasteiger partial charge in [0.1, 0.15) is 17.8 Å². The standard InChI is InChI=1S/C14H9N9S/c1-2-4-11-9(3-1)17-21-22(11)8-12-18-19-14-23(12)20-13(24-14)10-7-15-5-6-16-10/h1-7H,8H2. The fourth-order valence-corrected chi connectivity index (χ4v) is 3.26. The van der Waals surface area contributed by atoms with Gasteiger partial charge in [0.2, 0.25) is 4.96 Å². The van der Waals surface area contributed by atoms with Crippen LogP contribution < -0.4 is 0 Å². The number of benzene rings is 1. The summed E-state index contributed by atoms with van der Waals surface area (Å²) in [6.45, 7) is 0.436. The van der Waals surface area contributed by atoms with Gasteiger partial charge >= 0.3 is 0 Å². The van der Waals surface area contributed by atoms with Gasteiger partial charge in [0.15, 0.2) is 10.8 Å². The van der Waals surface area contributed by atoms with E-state index in [1.165, 1.54) is 11.3 Å². The lowest BCUT2D eigenvalue weighted by molar-refractivity contribution is 0.628. The zero-order valence-electron chi connectivity index (χ0n) is 12.2. The van der Waals surface area contributed by atoms with E-state index in [0.717, 1.165) is 16.0 Å². The van der Waals surface area contributed by atoms with Gasteiger partial charge in [-0.1, -0.05) is 28.7 Å². The zero-order chi connectivity index (χ0) is 15.9. The first kappa shape index (κ1) is 13.2. The molecule has 24 heavy (non-hydrogen) atoms. The molecule has 9 nitrogen and oxygen atoms in total. The van der Waals surface area contributed by atoms with Gasteiger partial charge in [0, 0.05) is 12.4 Å². The maximum Gasteiger partial charge on any atom is 0.235 e. The van der Waals surface area contributed by atoms with E-state index in [0.29, 0.717) is 23.0 Å². The van der Waals surface area contributed by atoms with Crippen molar-refractivity contribution < 1.29 is 0 Å². The molecule has 5 rings (SSSR count). The lowest BCUT2D eigenvalue weighted by Gasteiger charge is -1.99. The minimum atomic E-state index is 0.436. The van der Waals surface area contributed by atoms with Crippen molar-refractivity contribution in [2.45, 2.75) is 6.54 Å². The van der Waals surface area contributed by atoms with Crippen molar-refractivity contribution in [2.75, 3.05) is 0 Å². The first-order valence-corrected chi connectivity index (χ1v) is 7.96.